The molecular formula is C16H25NO2. The maximum absolute atomic E-state index is 11.7. The summed E-state index contributed by atoms with van der Waals surface area (Å²) in [5, 5.41) is 3.36. The first-order valence-corrected chi connectivity index (χ1v) is 6.83. The van der Waals surface area contributed by atoms with Crippen LogP contribution in [0, 0.1) is 5.41 Å². The number of hydrogen-bond acceptors (Lipinski definition) is 3. The number of ether oxygens (including phenoxy) is 1. The van der Waals surface area contributed by atoms with Crippen LogP contribution in [0.25, 0.3) is 0 Å². The summed E-state index contributed by atoms with van der Waals surface area (Å²) < 4.78 is 5.14. The summed E-state index contributed by atoms with van der Waals surface area (Å²) in [6, 6.07) is 7.42. The summed E-state index contributed by atoms with van der Waals surface area (Å²) in [5.74, 6) is -0.267. The molecule has 0 heterocycles. The van der Waals surface area contributed by atoms with Gasteiger partial charge < -0.3 is 10.1 Å². The fourth-order valence-electron chi connectivity index (χ4n) is 1.59. The predicted octanol–water partition coefficient (Wildman–Crippen LogP) is 4.10. The van der Waals surface area contributed by atoms with Gasteiger partial charge in [-0.15, -0.1) is 0 Å². The van der Waals surface area contributed by atoms with Crippen molar-refractivity contribution in [3.63, 3.8) is 0 Å². The molecule has 0 aliphatic carbocycles. The summed E-state index contributed by atoms with van der Waals surface area (Å²) in [4.78, 5) is 11.7. The maximum Gasteiger partial charge on any atom is 0.338 e. The van der Waals surface area contributed by atoms with E-state index in [4.69, 9.17) is 4.74 Å². The molecule has 1 N–H and O–H groups in total. The van der Waals surface area contributed by atoms with Gasteiger partial charge in [-0.2, -0.15) is 0 Å². The molecule has 0 spiro atoms. The van der Waals surface area contributed by atoms with Gasteiger partial charge in [0.05, 0.1) is 11.7 Å². The first-order chi connectivity index (χ1) is 8.78. The molecule has 0 saturated heterocycles. The van der Waals surface area contributed by atoms with Crippen molar-refractivity contribution in [3.8, 4) is 0 Å². The molecule has 0 aromatic heterocycles. The van der Waals surface area contributed by atoms with E-state index in [1.165, 1.54) is 0 Å². The molecule has 3 heteroatoms. The van der Waals surface area contributed by atoms with Gasteiger partial charge in [-0.3, -0.25) is 0 Å². The Bertz CT molecular complexity index is 402. The number of nitrogens with one attached hydrogen (secondary N) is 1. The first kappa shape index (κ1) is 15.5. The van der Waals surface area contributed by atoms with Gasteiger partial charge in [-0.1, -0.05) is 20.8 Å². The van der Waals surface area contributed by atoms with E-state index in [1.807, 2.05) is 26.0 Å². The van der Waals surface area contributed by atoms with E-state index in [-0.39, 0.29) is 12.1 Å². The van der Waals surface area contributed by atoms with Crippen LogP contribution >= 0.6 is 0 Å². The summed E-state index contributed by atoms with van der Waals surface area (Å²) in [7, 11) is 0. The van der Waals surface area contributed by atoms with Crippen LogP contribution in [0.5, 0.6) is 0 Å². The third-order valence-electron chi connectivity index (χ3n) is 2.67. The average Bonchev–Trinajstić information content (AvgIpc) is 2.27. The van der Waals surface area contributed by atoms with Gasteiger partial charge >= 0.3 is 5.97 Å². The molecule has 1 aromatic rings. The minimum Gasteiger partial charge on any atom is -0.459 e. The molecule has 0 aliphatic heterocycles. The Labute approximate surface area is 116 Å². The topological polar surface area (TPSA) is 38.3 Å². The van der Waals surface area contributed by atoms with Gasteiger partial charge in [-0.05, 0) is 49.9 Å². The molecule has 0 fully saturated rings. The molecule has 0 atom stereocenters. The highest BCUT2D eigenvalue weighted by Crippen LogP contribution is 2.19. The number of carbonyl (C=O) groups excluding carboxylic acids is 1. The third-order valence-corrected chi connectivity index (χ3v) is 2.67. The molecule has 106 valence electrons. The fourth-order valence-corrected chi connectivity index (χ4v) is 1.59. The van der Waals surface area contributed by atoms with Crippen LogP contribution in [0.3, 0.4) is 0 Å². The Morgan fingerprint density at radius 3 is 2.26 bits per heavy atom. The molecule has 1 rings (SSSR count). The lowest BCUT2D eigenvalue weighted by atomic mass is 9.92. The Balaban J connectivity index is 2.50. The molecule has 0 saturated carbocycles. The highest BCUT2D eigenvalue weighted by molar-refractivity contribution is 5.89. The molecule has 0 amide bonds. The molecule has 0 unspecified atom stereocenters. The molecule has 0 radical (unpaired) electrons. The van der Waals surface area contributed by atoms with Crippen LogP contribution < -0.4 is 5.32 Å². The largest absolute Gasteiger partial charge is 0.459 e. The van der Waals surface area contributed by atoms with Crippen molar-refractivity contribution in [2.24, 2.45) is 5.41 Å². The number of anilines is 1. The standard InChI is InChI=1S/C16H25NO2/c1-12(2)19-15(18)13-6-8-14(9-7-13)17-11-10-16(3,4)5/h6-9,12,17H,10-11H2,1-5H3. The highest BCUT2D eigenvalue weighted by Gasteiger charge is 2.10. The normalized spacial score (nSPS) is 11.5. The lowest BCUT2D eigenvalue weighted by molar-refractivity contribution is 0.0378. The molecule has 1 aromatic carbocycles. The number of hydrogen-bond donors (Lipinski definition) is 1. The van der Waals surface area contributed by atoms with Crippen LogP contribution in [0.15, 0.2) is 24.3 Å². The second-order valence-corrected chi connectivity index (χ2v) is 6.27. The molecule has 0 bridgehead atoms. The zero-order valence-corrected chi connectivity index (χ0v) is 12.6. The molecule has 0 aliphatic rings. The fraction of sp³-hybridized carbons (Fsp3) is 0.562. The summed E-state index contributed by atoms with van der Waals surface area (Å²) in [6.07, 6.45) is 1.02. The van der Waals surface area contributed by atoms with Crippen molar-refractivity contribution in [2.75, 3.05) is 11.9 Å². The van der Waals surface area contributed by atoms with Crippen molar-refractivity contribution in [1.29, 1.82) is 0 Å². The van der Waals surface area contributed by atoms with E-state index in [9.17, 15) is 4.79 Å². The van der Waals surface area contributed by atoms with Gasteiger partial charge in [-0.25, -0.2) is 4.79 Å². The number of carbonyl (C=O) groups is 1. The van der Waals surface area contributed by atoms with E-state index in [1.54, 1.807) is 12.1 Å². The van der Waals surface area contributed by atoms with E-state index < -0.39 is 0 Å². The Morgan fingerprint density at radius 1 is 1.21 bits per heavy atom. The highest BCUT2D eigenvalue weighted by atomic mass is 16.5. The molecule has 3 nitrogen and oxygen atoms in total. The lowest BCUT2D eigenvalue weighted by Gasteiger charge is -2.18. The van der Waals surface area contributed by atoms with Crippen LogP contribution in [-0.2, 0) is 4.74 Å². The first-order valence-electron chi connectivity index (χ1n) is 6.83. The zero-order valence-electron chi connectivity index (χ0n) is 12.6. The van der Waals surface area contributed by atoms with E-state index in [2.05, 4.69) is 26.1 Å². The second kappa shape index (κ2) is 6.60. The molecule has 19 heavy (non-hydrogen) atoms. The quantitative estimate of drug-likeness (QED) is 0.813. The van der Waals surface area contributed by atoms with Crippen molar-refractivity contribution < 1.29 is 9.53 Å². The van der Waals surface area contributed by atoms with Crippen LogP contribution in [0.4, 0.5) is 5.69 Å². The van der Waals surface area contributed by atoms with E-state index in [0.717, 1.165) is 18.7 Å². The Morgan fingerprint density at radius 2 is 1.79 bits per heavy atom. The van der Waals surface area contributed by atoms with Gasteiger partial charge in [0.15, 0.2) is 0 Å². The number of esters is 1. The van der Waals surface area contributed by atoms with E-state index in [0.29, 0.717) is 11.0 Å². The summed E-state index contributed by atoms with van der Waals surface area (Å²) in [6.45, 7) is 11.3. The van der Waals surface area contributed by atoms with Gasteiger partial charge in [0.25, 0.3) is 0 Å². The number of rotatable bonds is 5. The minimum absolute atomic E-state index is 0.0860. The lowest BCUT2D eigenvalue weighted by Crippen LogP contribution is -2.13. The second-order valence-electron chi connectivity index (χ2n) is 6.27. The minimum atomic E-state index is -0.267. The SMILES string of the molecule is CC(C)OC(=O)c1ccc(NCCC(C)(C)C)cc1. The van der Waals surface area contributed by atoms with Crippen LogP contribution in [-0.4, -0.2) is 18.6 Å². The molecular weight excluding hydrogens is 238 g/mol. The summed E-state index contributed by atoms with van der Waals surface area (Å²) >= 11 is 0. The van der Waals surface area contributed by atoms with Gasteiger partial charge in [0.1, 0.15) is 0 Å². The van der Waals surface area contributed by atoms with Crippen LogP contribution in [0.1, 0.15) is 51.4 Å². The van der Waals surface area contributed by atoms with E-state index >= 15 is 0 Å². The van der Waals surface area contributed by atoms with Crippen molar-refractivity contribution in [2.45, 2.75) is 47.1 Å². The maximum atomic E-state index is 11.7. The van der Waals surface area contributed by atoms with Crippen molar-refractivity contribution >= 4 is 11.7 Å². The Hall–Kier alpha value is -1.51. The number of benzene rings is 1. The predicted molar refractivity (Wildman–Crippen MR) is 79.6 cm³/mol. The van der Waals surface area contributed by atoms with Gasteiger partial charge in [0.2, 0.25) is 0 Å². The zero-order chi connectivity index (χ0) is 14.5. The monoisotopic (exact) mass is 263 g/mol. The van der Waals surface area contributed by atoms with Gasteiger partial charge in [0, 0.05) is 12.2 Å². The van der Waals surface area contributed by atoms with Crippen LogP contribution in [0.2, 0.25) is 0 Å². The van der Waals surface area contributed by atoms with Crippen molar-refractivity contribution in [3.05, 3.63) is 29.8 Å². The summed E-state index contributed by atoms with van der Waals surface area (Å²) in [5.41, 5.74) is 1.95. The third kappa shape index (κ3) is 6.27. The smallest absolute Gasteiger partial charge is 0.338 e. The Kier molecular flexibility index (Phi) is 5.40. The van der Waals surface area contributed by atoms with Crippen molar-refractivity contribution in [1.82, 2.24) is 0 Å². The average molecular weight is 263 g/mol.